The summed E-state index contributed by atoms with van der Waals surface area (Å²) in [6, 6.07) is 11.5. The van der Waals surface area contributed by atoms with E-state index in [9.17, 15) is 4.39 Å². The lowest BCUT2D eigenvalue weighted by Crippen LogP contribution is -1.90. The Labute approximate surface area is 118 Å². The Bertz CT molecular complexity index is 693. The summed E-state index contributed by atoms with van der Waals surface area (Å²) in [5, 5.41) is 0. The highest BCUT2D eigenvalue weighted by Crippen LogP contribution is 2.22. The molecular formula is C15H12BrFN2. The van der Waals surface area contributed by atoms with Gasteiger partial charge in [-0.25, -0.2) is 9.37 Å². The third-order valence-electron chi connectivity index (χ3n) is 3.07. The molecule has 3 rings (SSSR count). The molecule has 4 heteroatoms. The van der Waals surface area contributed by atoms with Crippen LogP contribution in [-0.4, -0.2) is 9.97 Å². The Morgan fingerprint density at radius 3 is 2.68 bits per heavy atom. The molecule has 0 saturated heterocycles. The molecule has 0 aliphatic heterocycles. The predicted molar refractivity (Wildman–Crippen MR) is 77.7 cm³/mol. The Balaban J connectivity index is 1.95. The summed E-state index contributed by atoms with van der Waals surface area (Å²) in [5.74, 6) is 0.564. The van der Waals surface area contributed by atoms with E-state index in [2.05, 4.69) is 57.1 Å². The first-order chi connectivity index (χ1) is 9.11. The highest BCUT2D eigenvalue weighted by molar-refractivity contribution is 9.10. The molecule has 0 spiro atoms. The van der Waals surface area contributed by atoms with E-state index in [0.717, 1.165) is 16.9 Å². The second-order valence-electron chi connectivity index (χ2n) is 4.63. The zero-order valence-corrected chi connectivity index (χ0v) is 12.0. The van der Waals surface area contributed by atoms with Gasteiger partial charge in [-0.3, -0.25) is 0 Å². The fourth-order valence-electron chi connectivity index (χ4n) is 2.04. The van der Waals surface area contributed by atoms with Crippen LogP contribution in [0.3, 0.4) is 0 Å². The monoisotopic (exact) mass is 318 g/mol. The number of hydrogen-bond donors (Lipinski definition) is 1. The number of benzene rings is 2. The van der Waals surface area contributed by atoms with E-state index in [-0.39, 0.29) is 5.82 Å². The van der Waals surface area contributed by atoms with Crippen molar-refractivity contribution in [2.45, 2.75) is 13.3 Å². The van der Waals surface area contributed by atoms with E-state index in [1.807, 2.05) is 0 Å². The van der Waals surface area contributed by atoms with Crippen LogP contribution in [0.4, 0.5) is 4.39 Å². The lowest BCUT2D eigenvalue weighted by molar-refractivity contribution is 0.623. The summed E-state index contributed by atoms with van der Waals surface area (Å²) in [6.07, 6.45) is 0.716. The van der Waals surface area contributed by atoms with Gasteiger partial charge in [0.15, 0.2) is 0 Å². The van der Waals surface area contributed by atoms with Gasteiger partial charge in [0.1, 0.15) is 11.6 Å². The second-order valence-corrected chi connectivity index (χ2v) is 5.48. The molecule has 1 N–H and O–H groups in total. The van der Waals surface area contributed by atoms with Gasteiger partial charge in [-0.2, -0.15) is 0 Å². The molecule has 0 unspecified atom stereocenters. The fourth-order valence-corrected chi connectivity index (χ4v) is 2.37. The number of fused-ring (bicyclic) bond motifs is 1. The number of aromatic nitrogens is 2. The first-order valence-electron chi connectivity index (χ1n) is 6.01. The molecule has 0 saturated carbocycles. The van der Waals surface area contributed by atoms with Gasteiger partial charge in [0.2, 0.25) is 0 Å². The first-order valence-corrected chi connectivity index (χ1v) is 6.80. The molecule has 0 fully saturated rings. The number of rotatable bonds is 2. The Hall–Kier alpha value is -1.68. The molecule has 2 nitrogen and oxygen atoms in total. The summed E-state index contributed by atoms with van der Waals surface area (Å²) in [6.45, 7) is 2.06. The van der Waals surface area contributed by atoms with Gasteiger partial charge in [-0.05, 0) is 34.5 Å². The topological polar surface area (TPSA) is 28.7 Å². The fraction of sp³-hybridized carbons (Fsp3) is 0.133. The molecule has 2 aromatic carbocycles. The van der Waals surface area contributed by atoms with Crippen LogP contribution < -0.4 is 0 Å². The van der Waals surface area contributed by atoms with E-state index < -0.39 is 0 Å². The molecule has 3 aromatic rings. The van der Waals surface area contributed by atoms with Crippen molar-refractivity contribution in [1.29, 1.82) is 0 Å². The first kappa shape index (κ1) is 12.4. The third-order valence-corrected chi connectivity index (χ3v) is 3.67. The number of H-pyrrole nitrogens is 1. The summed E-state index contributed by atoms with van der Waals surface area (Å²) >= 11 is 3.17. The van der Waals surface area contributed by atoms with Gasteiger partial charge >= 0.3 is 0 Å². The number of hydrogen-bond acceptors (Lipinski definition) is 1. The molecule has 0 bridgehead atoms. The minimum Gasteiger partial charge on any atom is -0.342 e. The zero-order valence-electron chi connectivity index (χ0n) is 10.4. The number of nitrogens with one attached hydrogen (secondary N) is 1. The van der Waals surface area contributed by atoms with Gasteiger partial charge in [0.25, 0.3) is 0 Å². The third kappa shape index (κ3) is 2.54. The summed E-state index contributed by atoms with van der Waals surface area (Å²) < 4.78 is 13.9. The van der Waals surface area contributed by atoms with Crippen molar-refractivity contribution in [1.82, 2.24) is 9.97 Å². The number of aromatic amines is 1. The molecule has 0 aliphatic rings. The molecule has 19 heavy (non-hydrogen) atoms. The molecule has 0 aliphatic carbocycles. The van der Waals surface area contributed by atoms with Crippen LogP contribution in [0.15, 0.2) is 40.9 Å². The van der Waals surface area contributed by atoms with Crippen molar-refractivity contribution in [3.05, 3.63) is 63.6 Å². The maximum atomic E-state index is 13.4. The van der Waals surface area contributed by atoms with E-state index >= 15 is 0 Å². The van der Waals surface area contributed by atoms with Crippen LogP contribution in [-0.2, 0) is 6.42 Å². The molecule has 96 valence electrons. The van der Waals surface area contributed by atoms with Crippen molar-refractivity contribution in [3.8, 4) is 0 Å². The lowest BCUT2D eigenvalue weighted by atomic mass is 10.1. The molecule has 0 radical (unpaired) electrons. The number of aryl methyl sites for hydroxylation is 1. The van der Waals surface area contributed by atoms with Gasteiger partial charge in [-0.1, -0.05) is 29.8 Å². The van der Waals surface area contributed by atoms with Crippen LogP contribution in [0.1, 0.15) is 17.0 Å². The smallest absolute Gasteiger partial charge is 0.139 e. The van der Waals surface area contributed by atoms with Gasteiger partial charge in [-0.15, -0.1) is 0 Å². The van der Waals surface area contributed by atoms with Crippen molar-refractivity contribution >= 4 is 27.0 Å². The molecule has 0 amide bonds. The molecule has 1 aromatic heterocycles. The standard InChI is InChI=1S/C15H12BrFN2/c1-9-2-4-10(5-3-9)6-15-18-13-7-11(16)12(17)8-14(13)19-15/h2-5,7-8H,6H2,1H3,(H,18,19). The van der Waals surface area contributed by atoms with Crippen LogP contribution in [0.2, 0.25) is 0 Å². The van der Waals surface area contributed by atoms with E-state index in [1.165, 1.54) is 17.2 Å². The normalized spacial score (nSPS) is 11.1. The van der Waals surface area contributed by atoms with Crippen molar-refractivity contribution < 1.29 is 4.39 Å². The molecule has 1 heterocycles. The van der Waals surface area contributed by atoms with Crippen molar-refractivity contribution in [3.63, 3.8) is 0 Å². The minimum atomic E-state index is -0.280. The highest BCUT2D eigenvalue weighted by atomic mass is 79.9. The molecule has 0 atom stereocenters. The maximum Gasteiger partial charge on any atom is 0.139 e. The number of nitrogens with zero attached hydrogens (tertiary/aromatic N) is 1. The Kier molecular flexibility index (Phi) is 3.11. The molecular weight excluding hydrogens is 307 g/mol. The quantitative estimate of drug-likeness (QED) is 0.747. The van der Waals surface area contributed by atoms with Crippen molar-refractivity contribution in [2.24, 2.45) is 0 Å². The van der Waals surface area contributed by atoms with Crippen molar-refractivity contribution in [2.75, 3.05) is 0 Å². The number of halogens is 2. The van der Waals surface area contributed by atoms with Crippen LogP contribution in [0.25, 0.3) is 11.0 Å². The number of imidazole rings is 1. The summed E-state index contributed by atoms with van der Waals surface area (Å²) in [7, 11) is 0. The Morgan fingerprint density at radius 2 is 1.95 bits per heavy atom. The minimum absolute atomic E-state index is 0.280. The van der Waals surface area contributed by atoms with E-state index in [4.69, 9.17) is 0 Å². The van der Waals surface area contributed by atoms with Crippen LogP contribution >= 0.6 is 15.9 Å². The van der Waals surface area contributed by atoms with E-state index in [0.29, 0.717) is 10.9 Å². The lowest BCUT2D eigenvalue weighted by Gasteiger charge is -1.98. The van der Waals surface area contributed by atoms with Crippen LogP contribution in [0.5, 0.6) is 0 Å². The van der Waals surface area contributed by atoms with Crippen LogP contribution in [0, 0.1) is 12.7 Å². The second kappa shape index (κ2) is 4.78. The van der Waals surface area contributed by atoms with Gasteiger partial charge in [0, 0.05) is 12.5 Å². The Morgan fingerprint density at radius 1 is 1.21 bits per heavy atom. The van der Waals surface area contributed by atoms with Gasteiger partial charge in [0.05, 0.1) is 15.5 Å². The average molecular weight is 319 g/mol. The van der Waals surface area contributed by atoms with Gasteiger partial charge < -0.3 is 4.98 Å². The van der Waals surface area contributed by atoms with E-state index in [1.54, 1.807) is 6.07 Å². The highest BCUT2D eigenvalue weighted by Gasteiger charge is 2.07. The average Bonchev–Trinajstić information content (AvgIpc) is 2.74. The SMILES string of the molecule is Cc1ccc(Cc2nc3cc(Br)c(F)cc3[nH]2)cc1. The summed E-state index contributed by atoms with van der Waals surface area (Å²) in [5.41, 5.74) is 3.92. The largest absolute Gasteiger partial charge is 0.342 e. The summed E-state index contributed by atoms with van der Waals surface area (Å²) in [4.78, 5) is 7.63. The zero-order chi connectivity index (χ0) is 13.4. The predicted octanol–water partition coefficient (Wildman–Crippen LogP) is 4.36. The maximum absolute atomic E-state index is 13.4.